The second kappa shape index (κ2) is 4.72. The van der Waals surface area contributed by atoms with E-state index in [0.717, 1.165) is 22.3 Å². The molecule has 4 heteroatoms. The van der Waals surface area contributed by atoms with Crippen LogP contribution in [0.1, 0.15) is 22.3 Å². The highest BCUT2D eigenvalue weighted by atomic mass is 16.3. The topological polar surface area (TPSA) is 80.9 Å². The van der Waals surface area contributed by atoms with E-state index in [2.05, 4.69) is 0 Å². The summed E-state index contributed by atoms with van der Waals surface area (Å²) >= 11 is 0. The van der Waals surface area contributed by atoms with Gasteiger partial charge in [-0.05, 0) is 66.8 Å². The van der Waals surface area contributed by atoms with Crippen LogP contribution in [0.3, 0.4) is 0 Å². The predicted octanol–water partition coefficient (Wildman–Crippen LogP) is 2.72. The van der Waals surface area contributed by atoms with Gasteiger partial charge in [0.1, 0.15) is 0 Å². The fourth-order valence-electron chi connectivity index (χ4n) is 2.04. The number of phenols is 4. The van der Waals surface area contributed by atoms with E-state index in [0.29, 0.717) is 6.42 Å². The minimum Gasteiger partial charge on any atom is -0.504 e. The van der Waals surface area contributed by atoms with Gasteiger partial charge in [0, 0.05) is 0 Å². The quantitative estimate of drug-likeness (QED) is 0.626. The minimum absolute atomic E-state index is 0.147. The van der Waals surface area contributed by atoms with Gasteiger partial charge in [-0.2, -0.15) is 0 Å². The van der Waals surface area contributed by atoms with Crippen LogP contribution in [0.2, 0.25) is 0 Å². The largest absolute Gasteiger partial charge is 0.504 e. The molecule has 100 valence electrons. The molecule has 0 amide bonds. The van der Waals surface area contributed by atoms with Crippen molar-refractivity contribution >= 4 is 0 Å². The second-order valence-corrected chi connectivity index (χ2v) is 4.71. The molecule has 0 saturated heterocycles. The fraction of sp³-hybridized carbons (Fsp3) is 0.200. The number of hydrogen-bond donors (Lipinski definition) is 4. The summed E-state index contributed by atoms with van der Waals surface area (Å²) in [7, 11) is 0. The number of hydrogen-bond acceptors (Lipinski definition) is 4. The predicted molar refractivity (Wildman–Crippen MR) is 71.8 cm³/mol. The van der Waals surface area contributed by atoms with Crippen molar-refractivity contribution < 1.29 is 20.4 Å². The van der Waals surface area contributed by atoms with Crippen LogP contribution in [0.5, 0.6) is 23.0 Å². The van der Waals surface area contributed by atoms with Gasteiger partial charge >= 0.3 is 0 Å². The third-order valence-corrected chi connectivity index (χ3v) is 3.25. The third-order valence-electron chi connectivity index (χ3n) is 3.25. The Morgan fingerprint density at radius 1 is 0.632 bits per heavy atom. The first-order valence-corrected chi connectivity index (χ1v) is 5.91. The molecule has 0 bridgehead atoms. The first-order chi connectivity index (χ1) is 8.88. The van der Waals surface area contributed by atoms with Crippen LogP contribution in [0.15, 0.2) is 24.3 Å². The third kappa shape index (κ3) is 2.57. The molecule has 2 rings (SSSR count). The van der Waals surface area contributed by atoms with Crippen molar-refractivity contribution in [2.24, 2.45) is 0 Å². The lowest BCUT2D eigenvalue weighted by molar-refractivity contribution is 0.402. The Hall–Kier alpha value is -2.36. The number of rotatable bonds is 2. The van der Waals surface area contributed by atoms with E-state index in [1.54, 1.807) is 0 Å². The van der Waals surface area contributed by atoms with Crippen LogP contribution in [0.4, 0.5) is 0 Å². The van der Waals surface area contributed by atoms with Crippen molar-refractivity contribution in [1.29, 1.82) is 0 Å². The molecule has 0 aliphatic heterocycles. The Balaban J connectivity index is 2.42. The normalized spacial score (nSPS) is 10.6. The Morgan fingerprint density at radius 2 is 0.947 bits per heavy atom. The van der Waals surface area contributed by atoms with Gasteiger partial charge in [0.25, 0.3) is 0 Å². The molecule has 0 spiro atoms. The molecule has 0 atom stereocenters. The Kier molecular flexibility index (Phi) is 3.25. The van der Waals surface area contributed by atoms with Gasteiger partial charge in [-0.15, -0.1) is 0 Å². The molecular formula is C15H16O4. The highest BCUT2D eigenvalue weighted by molar-refractivity contribution is 5.50. The van der Waals surface area contributed by atoms with E-state index in [1.807, 2.05) is 13.8 Å². The molecular weight excluding hydrogens is 244 g/mol. The molecule has 0 radical (unpaired) electrons. The summed E-state index contributed by atoms with van der Waals surface area (Å²) in [6.07, 6.45) is 0.499. The van der Waals surface area contributed by atoms with Crippen molar-refractivity contribution in [2.75, 3.05) is 0 Å². The van der Waals surface area contributed by atoms with E-state index in [1.165, 1.54) is 24.3 Å². The smallest absolute Gasteiger partial charge is 0.157 e. The summed E-state index contributed by atoms with van der Waals surface area (Å²) in [5, 5.41) is 37.9. The average molecular weight is 260 g/mol. The first kappa shape index (κ1) is 13.1. The zero-order valence-electron chi connectivity index (χ0n) is 10.8. The Labute approximate surface area is 111 Å². The van der Waals surface area contributed by atoms with Crippen LogP contribution in [-0.2, 0) is 6.42 Å². The minimum atomic E-state index is -0.166. The lowest BCUT2D eigenvalue weighted by Crippen LogP contribution is -1.95. The number of benzene rings is 2. The van der Waals surface area contributed by atoms with Gasteiger partial charge in [0.15, 0.2) is 23.0 Å². The molecule has 2 aromatic rings. The lowest BCUT2D eigenvalue weighted by atomic mass is 9.96. The lowest BCUT2D eigenvalue weighted by Gasteiger charge is -2.11. The fourth-order valence-corrected chi connectivity index (χ4v) is 2.04. The molecule has 19 heavy (non-hydrogen) atoms. The number of phenolic OH excluding ortho intramolecular Hbond substituents is 4. The van der Waals surface area contributed by atoms with Gasteiger partial charge in [0.2, 0.25) is 0 Å². The van der Waals surface area contributed by atoms with E-state index < -0.39 is 0 Å². The molecule has 0 aliphatic rings. The zero-order chi connectivity index (χ0) is 14.2. The van der Waals surface area contributed by atoms with Crippen molar-refractivity contribution in [3.8, 4) is 23.0 Å². The molecule has 2 aromatic carbocycles. The van der Waals surface area contributed by atoms with Crippen LogP contribution in [-0.4, -0.2) is 20.4 Å². The summed E-state index contributed by atoms with van der Waals surface area (Å²) in [4.78, 5) is 0. The molecule has 0 unspecified atom stereocenters. The number of aromatic hydroxyl groups is 4. The molecule has 0 aliphatic carbocycles. The van der Waals surface area contributed by atoms with Crippen LogP contribution >= 0.6 is 0 Å². The molecule has 4 nitrogen and oxygen atoms in total. The van der Waals surface area contributed by atoms with Gasteiger partial charge in [-0.25, -0.2) is 0 Å². The van der Waals surface area contributed by atoms with Crippen LogP contribution in [0, 0.1) is 13.8 Å². The molecule has 0 saturated carbocycles. The molecule has 0 aromatic heterocycles. The number of aryl methyl sites for hydroxylation is 2. The van der Waals surface area contributed by atoms with Crippen molar-refractivity contribution in [3.05, 3.63) is 46.5 Å². The van der Waals surface area contributed by atoms with E-state index in [9.17, 15) is 20.4 Å². The maximum absolute atomic E-state index is 9.53. The van der Waals surface area contributed by atoms with Gasteiger partial charge in [-0.1, -0.05) is 0 Å². The molecule has 0 heterocycles. The highest BCUT2D eigenvalue weighted by Crippen LogP contribution is 2.32. The summed E-state index contributed by atoms with van der Waals surface area (Å²) in [6, 6.07) is 6.02. The Morgan fingerprint density at radius 3 is 1.32 bits per heavy atom. The molecule has 4 N–H and O–H groups in total. The maximum atomic E-state index is 9.53. The van der Waals surface area contributed by atoms with E-state index >= 15 is 0 Å². The monoisotopic (exact) mass is 260 g/mol. The average Bonchev–Trinajstić information content (AvgIpc) is 2.32. The van der Waals surface area contributed by atoms with Gasteiger partial charge in [0.05, 0.1) is 0 Å². The Bertz CT molecular complexity index is 577. The van der Waals surface area contributed by atoms with E-state index in [4.69, 9.17) is 0 Å². The first-order valence-electron chi connectivity index (χ1n) is 5.91. The standard InChI is InChI=1S/C15H16O4/c1-8-3-12(16)14(18)6-10(8)5-11-7-15(19)13(17)4-9(11)2/h3-4,6-7,16-19H,5H2,1-2H3. The van der Waals surface area contributed by atoms with Crippen molar-refractivity contribution in [3.63, 3.8) is 0 Å². The van der Waals surface area contributed by atoms with Crippen LogP contribution < -0.4 is 0 Å². The summed E-state index contributed by atoms with van der Waals surface area (Å²) in [5.74, 6) is -0.624. The second-order valence-electron chi connectivity index (χ2n) is 4.71. The maximum Gasteiger partial charge on any atom is 0.157 e. The van der Waals surface area contributed by atoms with E-state index in [-0.39, 0.29) is 23.0 Å². The summed E-state index contributed by atoms with van der Waals surface area (Å²) in [5.41, 5.74) is 3.40. The van der Waals surface area contributed by atoms with Crippen molar-refractivity contribution in [2.45, 2.75) is 20.3 Å². The van der Waals surface area contributed by atoms with Gasteiger partial charge in [-0.3, -0.25) is 0 Å². The van der Waals surface area contributed by atoms with Crippen LogP contribution in [0.25, 0.3) is 0 Å². The highest BCUT2D eigenvalue weighted by Gasteiger charge is 2.10. The zero-order valence-corrected chi connectivity index (χ0v) is 10.8. The summed E-state index contributed by atoms with van der Waals surface area (Å²) < 4.78 is 0. The van der Waals surface area contributed by atoms with Crippen molar-refractivity contribution in [1.82, 2.24) is 0 Å². The SMILES string of the molecule is Cc1cc(O)c(O)cc1Cc1cc(O)c(O)cc1C. The van der Waals surface area contributed by atoms with Gasteiger partial charge < -0.3 is 20.4 Å². The molecule has 0 fully saturated rings. The summed E-state index contributed by atoms with van der Waals surface area (Å²) in [6.45, 7) is 3.67.